The number of H-pyrrole nitrogens is 2. The molecular weight excluding hydrogens is 1080 g/mol. The zero-order chi connectivity index (χ0) is 59.1. The average Bonchev–Trinajstić information content (AvgIpc) is 4.05. The molecular formula is C62H62N8O14. The van der Waals surface area contributed by atoms with E-state index in [9.17, 15) is 50.4 Å². The Labute approximate surface area is 480 Å². The summed E-state index contributed by atoms with van der Waals surface area (Å²) in [5.74, 6) is -0.206. The second kappa shape index (κ2) is 24.0. The highest BCUT2D eigenvalue weighted by molar-refractivity contribution is 6.01. The van der Waals surface area contributed by atoms with Crippen LogP contribution in [0.1, 0.15) is 36.6 Å². The molecule has 2 fully saturated rings. The molecule has 4 aliphatic rings. The predicted molar refractivity (Wildman–Crippen MR) is 314 cm³/mol. The number of benzene rings is 4. The van der Waals surface area contributed by atoms with Crippen LogP contribution in [0.3, 0.4) is 0 Å². The number of nitrogens with zero attached hydrogens (tertiary/aromatic N) is 2. The van der Waals surface area contributed by atoms with E-state index in [4.69, 9.17) is 40.4 Å². The molecule has 22 heteroatoms. The SMILES string of the molecule is C[C@H](N)C(=O)Nc1ccc(-c2c3nc(c(-c4ccc(O[C@@H]5O[C@H](CO)[C@@H](O)[C@H](O)[C@H]5O)cc4)c4ccc([nH]4)c(-c4ccc(NC(=O)[C@H](C)N)cc4)c4nc(c(-c5ccc(O[C@@H]6O[C@H](CO)[C@@H](O)[C@H](O)[C@H]6O)cc5)c5ccc2[nH]5)C=C4)C=C3)cc1. The van der Waals surface area contributed by atoms with Gasteiger partial charge in [-0.05, 0) is 133 Å². The van der Waals surface area contributed by atoms with Crippen molar-refractivity contribution in [1.82, 2.24) is 19.9 Å². The number of hydrogen-bond acceptors (Lipinski definition) is 18. The summed E-state index contributed by atoms with van der Waals surface area (Å²) in [6.07, 6.45) is -7.24. The van der Waals surface area contributed by atoms with Gasteiger partial charge in [0.15, 0.2) is 0 Å². The smallest absolute Gasteiger partial charge is 0.240 e. The van der Waals surface area contributed by atoms with Crippen molar-refractivity contribution in [2.24, 2.45) is 11.5 Å². The van der Waals surface area contributed by atoms with E-state index in [0.717, 1.165) is 11.1 Å². The number of rotatable bonds is 14. The third-order valence-electron chi connectivity index (χ3n) is 15.0. The van der Waals surface area contributed by atoms with E-state index in [2.05, 4.69) is 20.6 Å². The molecule has 0 saturated carbocycles. The normalized spacial score (nSPS) is 23.6. The van der Waals surface area contributed by atoms with Gasteiger partial charge in [-0.3, -0.25) is 9.59 Å². The van der Waals surface area contributed by atoms with E-state index in [1.54, 1.807) is 86.6 Å². The van der Waals surface area contributed by atoms with Crippen LogP contribution >= 0.6 is 0 Å². The first-order valence-corrected chi connectivity index (χ1v) is 27.1. The van der Waals surface area contributed by atoms with Gasteiger partial charge in [0, 0.05) is 55.7 Å². The Morgan fingerprint density at radius 1 is 0.464 bits per heavy atom. The summed E-state index contributed by atoms with van der Waals surface area (Å²) < 4.78 is 23.3. The topological polar surface area (TPSA) is 366 Å². The number of nitrogens with one attached hydrogen (secondary N) is 4. The van der Waals surface area contributed by atoms with Crippen LogP contribution in [-0.4, -0.2) is 159 Å². The number of aromatic amines is 2. The Bertz CT molecular complexity index is 3560. The number of aliphatic hydroxyl groups excluding tert-OH is 8. The zero-order valence-corrected chi connectivity index (χ0v) is 45.3. The maximum absolute atomic E-state index is 12.7. The van der Waals surface area contributed by atoms with E-state index in [-0.39, 0.29) is 23.3 Å². The molecule has 7 aromatic rings. The predicted octanol–water partition coefficient (Wildman–Crippen LogP) is 4.25. The zero-order valence-electron chi connectivity index (χ0n) is 45.3. The van der Waals surface area contributed by atoms with Gasteiger partial charge in [0.2, 0.25) is 24.4 Å². The lowest BCUT2D eigenvalue weighted by atomic mass is 9.99. The second-order valence-electron chi connectivity index (χ2n) is 20.9. The van der Waals surface area contributed by atoms with E-state index < -0.39 is 86.7 Å². The molecule has 11 rings (SSSR count). The van der Waals surface area contributed by atoms with Crippen LogP contribution in [0.15, 0.2) is 121 Å². The lowest BCUT2D eigenvalue weighted by Gasteiger charge is -2.39. The number of anilines is 2. The third kappa shape index (κ3) is 11.5. The molecule has 12 atom stereocenters. The maximum atomic E-state index is 12.7. The Morgan fingerprint density at radius 2 is 0.750 bits per heavy atom. The number of ether oxygens (including phenoxy) is 4. The molecule has 22 nitrogen and oxygen atoms in total. The summed E-state index contributed by atoms with van der Waals surface area (Å²) in [6, 6.07) is 34.7. The first-order valence-electron chi connectivity index (χ1n) is 27.1. The van der Waals surface area contributed by atoms with Gasteiger partial charge in [-0.2, -0.15) is 0 Å². The third-order valence-corrected chi connectivity index (χ3v) is 15.0. The molecule has 84 heavy (non-hydrogen) atoms. The van der Waals surface area contributed by atoms with Crippen LogP contribution in [0.25, 0.3) is 90.9 Å². The number of hydrogen-bond donors (Lipinski definition) is 14. The summed E-state index contributed by atoms with van der Waals surface area (Å²) in [4.78, 5) is 43.4. The fourth-order valence-electron chi connectivity index (χ4n) is 10.4. The van der Waals surface area contributed by atoms with Gasteiger partial charge in [0.1, 0.15) is 60.3 Å². The Balaban J connectivity index is 1.11. The summed E-state index contributed by atoms with van der Waals surface area (Å²) in [5.41, 5.74) is 23.2. The van der Waals surface area contributed by atoms with Crippen LogP contribution in [-0.2, 0) is 19.1 Å². The molecule has 7 heterocycles. The lowest BCUT2D eigenvalue weighted by molar-refractivity contribution is -0.277. The quantitative estimate of drug-likeness (QED) is 0.0723. The van der Waals surface area contributed by atoms with E-state index in [1.165, 1.54) is 0 Å². The lowest BCUT2D eigenvalue weighted by Crippen LogP contribution is -2.60. The highest BCUT2D eigenvalue weighted by Gasteiger charge is 2.46. The molecule has 2 saturated heterocycles. The van der Waals surface area contributed by atoms with Crippen molar-refractivity contribution in [2.45, 2.75) is 87.3 Å². The fraction of sp³-hybridized carbons (Fsp3) is 0.258. The van der Waals surface area contributed by atoms with Crippen LogP contribution in [0, 0.1) is 0 Å². The number of carbonyl (C=O) groups excluding carboxylic acids is 2. The number of fused-ring (bicyclic) bond motifs is 8. The van der Waals surface area contributed by atoms with Gasteiger partial charge in [0.05, 0.1) is 48.1 Å². The van der Waals surface area contributed by atoms with Gasteiger partial charge in [0.25, 0.3) is 0 Å². The van der Waals surface area contributed by atoms with Gasteiger partial charge >= 0.3 is 0 Å². The number of aliphatic hydroxyl groups is 8. The first kappa shape index (κ1) is 57.4. The minimum atomic E-state index is -1.64. The molecule has 4 aromatic carbocycles. The molecule has 3 aromatic heterocycles. The molecule has 434 valence electrons. The van der Waals surface area contributed by atoms with Gasteiger partial charge in [-0.15, -0.1) is 0 Å². The molecule has 16 N–H and O–H groups in total. The van der Waals surface area contributed by atoms with Gasteiger partial charge in [-0.1, -0.05) is 48.5 Å². The van der Waals surface area contributed by atoms with Crippen LogP contribution < -0.4 is 31.6 Å². The van der Waals surface area contributed by atoms with E-state index >= 15 is 0 Å². The second-order valence-corrected chi connectivity index (χ2v) is 20.9. The van der Waals surface area contributed by atoms with Gasteiger partial charge in [-0.25, -0.2) is 9.97 Å². The molecule has 8 bridgehead atoms. The molecule has 0 aliphatic carbocycles. The average molecular weight is 1140 g/mol. The molecule has 2 amide bonds. The van der Waals surface area contributed by atoms with Crippen LogP contribution in [0.4, 0.5) is 11.4 Å². The van der Waals surface area contributed by atoms with Crippen molar-refractivity contribution >= 4 is 69.6 Å². The summed E-state index contributed by atoms with van der Waals surface area (Å²) in [7, 11) is 0. The van der Waals surface area contributed by atoms with Crippen molar-refractivity contribution in [3.63, 3.8) is 0 Å². The highest BCUT2D eigenvalue weighted by atomic mass is 16.7. The largest absolute Gasteiger partial charge is 0.462 e. The maximum Gasteiger partial charge on any atom is 0.240 e. The van der Waals surface area contributed by atoms with Crippen LogP contribution in [0.2, 0.25) is 0 Å². The summed E-state index contributed by atoms with van der Waals surface area (Å²) in [6.45, 7) is 1.95. The number of nitrogens with two attached hydrogens (primary N) is 2. The molecule has 0 unspecified atom stereocenters. The molecule has 0 radical (unpaired) electrons. The Kier molecular flexibility index (Phi) is 16.4. The summed E-state index contributed by atoms with van der Waals surface area (Å²) in [5, 5.41) is 88.6. The minimum Gasteiger partial charge on any atom is -0.462 e. The van der Waals surface area contributed by atoms with Crippen molar-refractivity contribution in [3.8, 4) is 56.0 Å². The Hall–Kier alpha value is -8.46. The van der Waals surface area contributed by atoms with Gasteiger partial charge < -0.3 is 91.9 Å². The van der Waals surface area contributed by atoms with Crippen molar-refractivity contribution in [1.29, 1.82) is 0 Å². The highest BCUT2D eigenvalue weighted by Crippen LogP contribution is 2.40. The number of aromatic nitrogens is 4. The van der Waals surface area contributed by atoms with Crippen molar-refractivity contribution < 1.29 is 69.4 Å². The number of carbonyl (C=O) groups is 2. The standard InChI is InChI=1S/C62H62N8O14/c1-29(63)59(79)65-35-11-3-31(4-12-35)49-39-19-23-43(67-39)51(33-7-15-37(16-8-33)81-61-57(77)55(75)53(73)47(27-71)83-61)45-25-21-41(69-45)50(32-5-13-36(14-6-32)66-60(80)30(2)64)42-22-26-46(70-42)52(44-24-20-40(49)68-44)34-9-17-38(18-10-34)82-62-58(78)56(76)54(74)48(28-72)84-62/h3-26,29-30,47-48,53-58,61-62,67,70-78H,27-28,63-64H2,1-2H3,(H,65,79)(H,66,80)/t29-,30-,47+,48+,53+,54+,55-,56-,57+,58+,61+,62+/m0/s1. The van der Waals surface area contributed by atoms with Crippen molar-refractivity contribution in [2.75, 3.05) is 23.8 Å². The molecule has 4 aliphatic heterocycles. The molecule has 0 spiro atoms. The van der Waals surface area contributed by atoms with E-state index in [1.807, 2.05) is 72.8 Å². The fourth-order valence-corrected chi connectivity index (χ4v) is 10.4. The summed E-state index contributed by atoms with van der Waals surface area (Å²) >= 11 is 0. The monoisotopic (exact) mass is 1140 g/mol. The minimum absolute atomic E-state index is 0.252. The number of amides is 2. The Morgan fingerprint density at radius 3 is 1.02 bits per heavy atom. The van der Waals surface area contributed by atoms with Crippen LogP contribution in [0.5, 0.6) is 11.5 Å². The first-order chi connectivity index (χ1) is 40.5. The van der Waals surface area contributed by atoms with E-state index in [0.29, 0.717) is 89.6 Å². The van der Waals surface area contributed by atoms with Crippen molar-refractivity contribution in [3.05, 3.63) is 144 Å².